The second kappa shape index (κ2) is 2.67. The van der Waals surface area contributed by atoms with E-state index in [1.807, 2.05) is 0 Å². The SMILES string of the molecule is CC(C)(C)c1cscc1Br. The Labute approximate surface area is 74.4 Å². The van der Waals surface area contributed by atoms with Crippen molar-refractivity contribution >= 4 is 27.3 Å². The van der Waals surface area contributed by atoms with Gasteiger partial charge in [-0.1, -0.05) is 20.8 Å². The van der Waals surface area contributed by atoms with Crippen LogP contribution in [0.3, 0.4) is 0 Å². The van der Waals surface area contributed by atoms with Crippen molar-refractivity contribution in [2.75, 3.05) is 0 Å². The monoisotopic (exact) mass is 218 g/mol. The van der Waals surface area contributed by atoms with Crippen LogP contribution in [0, 0.1) is 0 Å². The zero-order chi connectivity index (χ0) is 7.78. The van der Waals surface area contributed by atoms with Crippen molar-refractivity contribution in [1.29, 1.82) is 0 Å². The van der Waals surface area contributed by atoms with E-state index < -0.39 is 0 Å². The molecule has 0 amide bonds. The Kier molecular flexibility index (Phi) is 2.21. The molecule has 0 radical (unpaired) electrons. The second-order valence-electron chi connectivity index (χ2n) is 3.38. The van der Waals surface area contributed by atoms with Crippen molar-refractivity contribution < 1.29 is 0 Å². The minimum absolute atomic E-state index is 0.277. The molecule has 0 aromatic carbocycles. The van der Waals surface area contributed by atoms with Gasteiger partial charge in [0, 0.05) is 9.85 Å². The number of halogens is 1. The molecule has 0 saturated heterocycles. The molecule has 0 aliphatic carbocycles. The largest absolute Gasteiger partial charge is 0.151 e. The van der Waals surface area contributed by atoms with Crippen LogP contribution in [-0.4, -0.2) is 0 Å². The molecule has 0 atom stereocenters. The summed E-state index contributed by atoms with van der Waals surface area (Å²) >= 11 is 5.26. The highest BCUT2D eigenvalue weighted by molar-refractivity contribution is 9.10. The van der Waals surface area contributed by atoms with Crippen molar-refractivity contribution in [3.63, 3.8) is 0 Å². The molecule has 0 spiro atoms. The molecule has 0 saturated carbocycles. The van der Waals surface area contributed by atoms with Gasteiger partial charge in [-0.15, -0.1) is 0 Å². The predicted octanol–water partition coefficient (Wildman–Crippen LogP) is 3.81. The van der Waals surface area contributed by atoms with Crippen molar-refractivity contribution in [2.24, 2.45) is 0 Å². The molecule has 0 aliphatic heterocycles. The van der Waals surface area contributed by atoms with Crippen LogP contribution in [0.1, 0.15) is 26.3 Å². The third kappa shape index (κ3) is 1.61. The van der Waals surface area contributed by atoms with Crippen LogP contribution in [0.5, 0.6) is 0 Å². The van der Waals surface area contributed by atoms with Crippen LogP contribution in [0.15, 0.2) is 15.2 Å². The Bertz CT molecular complexity index is 219. The van der Waals surface area contributed by atoms with E-state index in [1.54, 1.807) is 11.3 Å². The van der Waals surface area contributed by atoms with Gasteiger partial charge < -0.3 is 0 Å². The van der Waals surface area contributed by atoms with Crippen molar-refractivity contribution in [3.8, 4) is 0 Å². The highest BCUT2D eigenvalue weighted by atomic mass is 79.9. The van der Waals surface area contributed by atoms with Gasteiger partial charge in [0.15, 0.2) is 0 Å². The molecule has 0 bridgehead atoms. The average Bonchev–Trinajstić information content (AvgIpc) is 2.11. The fraction of sp³-hybridized carbons (Fsp3) is 0.500. The summed E-state index contributed by atoms with van der Waals surface area (Å²) in [5, 5.41) is 4.32. The van der Waals surface area contributed by atoms with Crippen LogP contribution >= 0.6 is 27.3 Å². The van der Waals surface area contributed by atoms with Gasteiger partial charge in [-0.05, 0) is 32.3 Å². The number of hydrogen-bond acceptors (Lipinski definition) is 1. The Balaban J connectivity index is 3.05. The minimum Gasteiger partial charge on any atom is -0.151 e. The van der Waals surface area contributed by atoms with E-state index in [-0.39, 0.29) is 5.41 Å². The molecular formula is C8H11BrS. The van der Waals surface area contributed by atoms with Crippen molar-refractivity contribution in [3.05, 3.63) is 20.8 Å². The molecule has 56 valence electrons. The van der Waals surface area contributed by atoms with E-state index in [0.717, 1.165) is 0 Å². The van der Waals surface area contributed by atoms with E-state index in [2.05, 4.69) is 47.5 Å². The van der Waals surface area contributed by atoms with Crippen molar-refractivity contribution in [1.82, 2.24) is 0 Å². The standard InChI is InChI=1S/C8H11BrS/c1-8(2,3)6-4-10-5-7(6)9/h4-5H,1-3H3. The molecule has 1 aromatic rings. The van der Waals surface area contributed by atoms with Gasteiger partial charge in [-0.25, -0.2) is 0 Å². The molecule has 1 rings (SSSR count). The second-order valence-corrected chi connectivity index (χ2v) is 4.98. The maximum atomic E-state index is 3.51. The maximum Gasteiger partial charge on any atom is 0.0319 e. The van der Waals surface area contributed by atoms with Gasteiger partial charge in [0.25, 0.3) is 0 Å². The molecule has 0 N–H and O–H groups in total. The van der Waals surface area contributed by atoms with E-state index in [0.29, 0.717) is 0 Å². The van der Waals surface area contributed by atoms with E-state index in [4.69, 9.17) is 0 Å². The lowest BCUT2D eigenvalue weighted by Crippen LogP contribution is -2.09. The molecule has 2 heteroatoms. The highest BCUT2D eigenvalue weighted by Crippen LogP contribution is 2.32. The average molecular weight is 219 g/mol. The molecular weight excluding hydrogens is 208 g/mol. The Hall–Kier alpha value is 0.180. The number of rotatable bonds is 0. The summed E-state index contributed by atoms with van der Waals surface area (Å²) in [6, 6.07) is 0. The van der Waals surface area contributed by atoms with E-state index >= 15 is 0 Å². The zero-order valence-electron chi connectivity index (χ0n) is 6.44. The van der Waals surface area contributed by atoms with E-state index in [1.165, 1.54) is 10.0 Å². The molecule has 0 fully saturated rings. The third-order valence-electron chi connectivity index (χ3n) is 1.42. The van der Waals surface area contributed by atoms with Gasteiger partial charge >= 0.3 is 0 Å². The van der Waals surface area contributed by atoms with Crippen LogP contribution < -0.4 is 0 Å². The topological polar surface area (TPSA) is 0 Å². The summed E-state index contributed by atoms with van der Waals surface area (Å²) in [5.41, 5.74) is 1.68. The van der Waals surface area contributed by atoms with Gasteiger partial charge in [-0.3, -0.25) is 0 Å². The minimum atomic E-state index is 0.277. The lowest BCUT2D eigenvalue weighted by Gasteiger charge is -2.17. The van der Waals surface area contributed by atoms with Gasteiger partial charge in [-0.2, -0.15) is 11.3 Å². The molecule has 0 aliphatic rings. The Morgan fingerprint density at radius 3 is 2.10 bits per heavy atom. The maximum absolute atomic E-state index is 3.51. The fourth-order valence-electron chi connectivity index (χ4n) is 0.817. The smallest absolute Gasteiger partial charge is 0.0319 e. The van der Waals surface area contributed by atoms with Crippen LogP contribution in [0.4, 0.5) is 0 Å². The molecule has 10 heavy (non-hydrogen) atoms. The normalized spacial score (nSPS) is 12.0. The van der Waals surface area contributed by atoms with Gasteiger partial charge in [0.05, 0.1) is 0 Å². The lowest BCUT2D eigenvalue weighted by molar-refractivity contribution is 0.590. The first-order chi connectivity index (χ1) is 4.52. The molecule has 0 unspecified atom stereocenters. The van der Waals surface area contributed by atoms with Crippen molar-refractivity contribution in [2.45, 2.75) is 26.2 Å². The summed E-state index contributed by atoms with van der Waals surface area (Å²) in [7, 11) is 0. The zero-order valence-corrected chi connectivity index (χ0v) is 8.84. The van der Waals surface area contributed by atoms with Gasteiger partial charge in [0.1, 0.15) is 0 Å². The molecule has 1 aromatic heterocycles. The summed E-state index contributed by atoms with van der Waals surface area (Å²) in [5.74, 6) is 0. The predicted molar refractivity (Wildman–Crippen MR) is 50.7 cm³/mol. The van der Waals surface area contributed by atoms with Crippen LogP contribution in [0.25, 0.3) is 0 Å². The van der Waals surface area contributed by atoms with Crippen LogP contribution in [0.2, 0.25) is 0 Å². The molecule has 0 nitrogen and oxygen atoms in total. The first kappa shape index (κ1) is 8.28. The molecule has 1 heterocycles. The summed E-state index contributed by atoms with van der Waals surface area (Å²) < 4.78 is 1.24. The Morgan fingerprint density at radius 1 is 1.30 bits per heavy atom. The van der Waals surface area contributed by atoms with E-state index in [9.17, 15) is 0 Å². The quantitative estimate of drug-likeness (QED) is 0.622. The Morgan fingerprint density at radius 2 is 1.90 bits per heavy atom. The first-order valence-corrected chi connectivity index (χ1v) is 4.97. The van der Waals surface area contributed by atoms with Crippen LogP contribution in [-0.2, 0) is 5.41 Å². The summed E-state index contributed by atoms with van der Waals surface area (Å²) in [6.07, 6.45) is 0. The third-order valence-corrected chi connectivity index (χ3v) is 3.13. The summed E-state index contributed by atoms with van der Waals surface area (Å²) in [4.78, 5) is 0. The number of thiophene rings is 1. The lowest BCUT2D eigenvalue weighted by atomic mass is 9.90. The van der Waals surface area contributed by atoms with Gasteiger partial charge in [0.2, 0.25) is 0 Å². The summed E-state index contributed by atoms with van der Waals surface area (Å²) in [6.45, 7) is 6.67. The highest BCUT2D eigenvalue weighted by Gasteiger charge is 2.16. The fourth-order valence-corrected chi connectivity index (χ4v) is 2.93. The first-order valence-electron chi connectivity index (χ1n) is 3.24. The number of hydrogen-bond donors (Lipinski definition) is 0.